The molecule has 174 valence electrons. The fraction of sp³-hybridized carbons (Fsp3) is 0.222. The molecular weight excluding hydrogens is 430 g/mol. The van der Waals surface area contributed by atoms with Crippen LogP contribution in [-0.2, 0) is 6.54 Å². The molecule has 0 saturated heterocycles. The lowest BCUT2D eigenvalue weighted by Crippen LogP contribution is -2.17. The molecule has 3 aromatic carbocycles. The van der Waals surface area contributed by atoms with Crippen molar-refractivity contribution in [3.05, 3.63) is 78.5 Å². The van der Waals surface area contributed by atoms with Crippen molar-refractivity contribution < 1.29 is 18.9 Å². The standard InChI is InChI=1S/C27H27N3O4/c1-31-24-5-2-3-6-26(24)34-20-8-9-21-22(11-14-30-23(21)16-20)29-13-4-12-28-17-19-7-10-25-27(15-19)33-18-32-25/h2-3,5-11,14-16,28H,4,12-13,17-18H2,1H3,(H,29,30). The Morgan fingerprint density at radius 2 is 1.79 bits per heavy atom. The fourth-order valence-corrected chi connectivity index (χ4v) is 3.90. The number of ether oxygens (including phenoxy) is 4. The molecule has 1 aliphatic rings. The Kier molecular flexibility index (Phi) is 6.63. The molecule has 2 N–H and O–H groups in total. The van der Waals surface area contributed by atoms with Crippen LogP contribution in [0.4, 0.5) is 5.69 Å². The predicted octanol–water partition coefficient (Wildman–Crippen LogP) is 5.36. The van der Waals surface area contributed by atoms with E-state index in [0.717, 1.165) is 59.9 Å². The zero-order chi connectivity index (χ0) is 23.2. The molecule has 4 aromatic rings. The zero-order valence-corrected chi connectivity index (χ0v) is 19.0. The van der Waals surface area contributed by atoms with E-state index in [1.165, 1.54) is 5.56 Å². The molecule has 0 unspecified atom stereocenters. The second-order valence-electron chi connectivity index (χ2n) is 7.94. The molecule has 0 saturated carbocycles. The minimum absolute atomic E-state index is 0.303. The van der Waals surface area contributed by atoms with Gasteiger partial charge in [-0.25, -0.2) is 0 Å². The van der Waals surface area contributed by atoms with Crippen molar-refractivity contribution in [2.24, 2.45) is 0 Å². The molecule has 0 atom stereocenters. The average molecular weight is 458 g/mol. The maximum absolute atomic E-state index is 6.03. The number of anilines is 1. The number of hydrogen-bond acceptors (Lipinski definition) is 7. The molecule has 1 aliphatic heterocycles. The van der Waals surface area contributed by atoms with Crippen molar-refractivity contribution in [1.29, 1.82) is 0 Å². The third-order valence-electron chi connectivity index (χ3n) is 5.62. The minimum Gasteiger partial charge on any atom is -0.493 e. The largest absolute Gasteiger partial charge is 0.493 e. The first-order valence-corrected chi connectivity index (χ1v) is 11.3. The van der Waals surface area contributed by atoms with Gasteiger partial charge in [-0.05, 0) is 61.0 Å². The molecule has 0 fully saturated rings. The SMILES string of the molecule is COc1ccccc1Oc1ccc2c(NCCCNCc3ccc4c(c3)OCO4)ccnc2c1. The fourth-order valence-electron chi connectivity index (χ4n) is 3.90. The van der Waals surface area contributed by atoms with Crippen molar-refractivity contribution in [2.75, 3.05) is 32.3 Å². The second-order valence-corrected chi connectivity index (χ2v) is 7.94. The van der Waals surface area contributed by atoms with Crippen molar-refractivity contribution >= 4 is 16.6 Å². The summed E-state index contributed by atoms with van der Waals surface area (Å²) in [6.07, 6.45) is 2.80. The van der Waals surface area contributed by atoms with E-state index in [0.29, 0.717) is 18.3 Å². The van der Waals surface area contributed by atoms with Crippen LogP contribution in [0.25, 0.3) is 10.9 Å². The highest BCUT2D eigenvalue weighted by molar-refractivity contribution is 5.91. The molecule has 0 radical (unpaired) electrons. The molecular formula is C27H27N3O4. The number of benzene rings is 3. The van der Waals surface area contributed by atoms with Gasteiger partial charge in [-0.2, -0.15) is 0 Å². The summed E-state index contributed by atoms with van der Waals surface area (Å²) in [5, 5.41) is 8.07. The lowest BCUT2D eigenvalue weighted by atomic mass is 10.1. The first-order chi connectivity index (χ1) is 16.8. The molecule has 7 nitrogen and oxygen atoms in total. The third-order valence-corrected chi connectivity index (χ3v) is 5.62. The maximum Gasteiger partial charge on any atom is 0.231 e. The Bertz CT molecular complexity index is 1280. The highest BCUT2D eigenvalue weighted by Gasteiger charge is 2.13. The van der Waals surface area contributed by atoms with Gasteiger partial charge in [0.25, 0.3) is 0 Å². The number of rotatable bonds is 10. The summed E-state index contributed by atoms with van der Waals surface area (Å²) in [4.78, 5) is 4.52. The smallest absolute Gasteiger partial charge is 0.231 e. The van der Waals surface area contributed by atoms with Gasteiger partial charge >= 0.3 is 0 Å². The third kappa shape index (κ3) is 5.00. The van der Waals surface area contributed by atoms with Gasteiger partial charge in [0.15, 0.2) is 23.0 Å². The van der Waals surface area contributed by atoms with E-state index in [1.807, 2.05) is 66.9 Å². The summed E-state index contributed by atoms with van der Waals surface area (Å²) in [7, 11) is 1.63. The van der Waals surface area contributed by atoms with Crippen LogP contribution < -0.4 is 29.6 Å². The van der Waals surface area contributed by atoms with Crippen molar-refractivity contribution in [3.63, 3.8) is 0 Å². The van der Waals surface area contributed by atoms with Crippen LogP contribution in [0.5, 0.6) is 28.7 Å². The van der Waals surface area contributed by atoms with E-state index >= 15 is 0 Å². The highest BCUT2D eigenvalue weighted by Crippen LogP contribution is 2.34. The van der Waals surface area contributed by atoms with Gasteiger partial charge in [-0.15, -0.1) is 0 Å². The second kappa shape index (κ2) is 10.3. The quantitative estimate of drug-likeness (QED) is 0.311. The minimum atomic E-state index is 0.303. The van der Waals surface area contributed by atoms with Crippen LogP contribution in [0.1, 0.15) is 12.0 Å². The normalized spacial score (nSPS) is 12.0. The van der Waals surface area contributed by atoms with Gasteiger partial charge < -0.3 is 29.6 Å². The van der Waals surface area contributed by atoms with Gasteiger partial charge in [0.05, 0.1) is 12.6 Å². The summed E-state index contributed by atoms with van der Waals surface area (Å²) >= 11 is 0. The van der Waals surface area contributed by atoms with Gasteiger partial charge in [0.1, 0.15) is 5.75 Å². The van der Waals surface area contributed by atoms with Crippen LogP contribution in [0, 0.1) is 0 Å². The molecule has 7 heteroatoms. The number of fused-ring (bicyclic) bond motifs is 2. The Hall–Kier alpha value is -3.97. The number of pyridine rings is 1. The summed E-state index contributed by atoms with van der Waals surface area (Å²) < 4.78 is 22.2. The van der Waals surface area contributed by atoms with Crippen LogP contribution in [0.3, 0.4) is 0 Å². The van der Waals surface area contributed by atoms with Crippen LogP contribution in [0.15, 0.2) is 72.9 Å². The first kappa shape index (κ1) is 21.9. The Labute approximate surface area is 198 Å². The topological polar surface area (TPSA) is 73.9 Å². The van der Waals surface area contributed by atoms with Crippen LogP contribution >= 0.6 is 0 Å². The molecule has 0 amide bonds. The molecule has 1 aromatic heterocycles. The summed E-state index contributed by atoms with van der Waals surface area (Å²) in [6.45, 7) is 2.86. The lowest BCUT2D eigenvalue weighted by molar-refractivity contribution is 0.174. The van der Waals surface area contributed by atoms with E-state index in [1.54, 1.807) is 7.11 Å². The Morgan fingerprint density at radius 1 is 0.912 bits per heavy atom. The van der Waals surface area contributed by atoms with Crippen molar-refractivity contribution in [3.8, 4) is 28.7 Å². The van der Waals surface area contributed by atoms with E-state index in [2.05, 4.69) is 21.7 Å². The number of nitrogens with one attached hydrogen (secondary N) is 2. The van der Waals surface area contributed by atoms with Crippen LogP contribution in [-0.4, -0.2) is 32.0 Å². The van der Waals surface area contributed by atoms with Gasteiger partial charge in [-0.3, -0.25) is 4.98 Å². The average Bonchev–Trinajstić information content (AvgIpc) is 3.34. The summed E-state index contributed by atoms with van der Waals surface area (Å²) in [6, 6.07) is 21.6. The molecule has 0 spiro atoms. The number of para-hydroxylation sites is 2. The molecule has 2 heterocycles. The van der Waals surface area contributed by atoms with E-state index in [4.69, 9.17) is 18.9 Å². The molecule has 34 heavy (non-hydrogen) atoms. The van der Waals surface area contributed by atoms with E-state index < -0.39 is 0 Å². The number of aromatic nitrogens is 1. The van der Waals surface area contributed by atoms with E-state index in [-0.39, 0.29) is 0 Å². The van der Waals surface area contributed by atoms with Crippen LogP contribution in [0.2, 0.25) is 0 Å². The number of methoxy groups -OCH3 is 1. The molecule has 0 bridgehead atoms. The number of hydrogen-bond donors (Lipinski definition) is 2. The number of nitrogens with zero attached hydrogens (tertiary/aromatic N) is 1. The maximum atomic E-state index is 6.03. The molecule has 5 rings (SSSR count). The zero-order valence-electron chi connectivity index (χ0n) is 19.0. The Morgan fingerprint density at radius 3 is 2.71 bits per heavy atom. The summed E-state index contributed by atoms with van der Waals surface area (Å²) in [5.74, 6) is 3.72. The summed E-state index contributed by atoms with van der Waals surface area (Å²) in [5.41, 5.74) is 3.12. The Balaban J connectivity index is 1.13. The van der Waals surface area contributed by atoms with Gasteiger partial charge in [0.2, 0.25) is 6.79 Å². The molecule has 0 aliphatic carbocycles. The monoisotopic (exact) mass is 457 g/mol. The van der Waals surface area contributed by atoms with Crippen molar-refractivity contribution in [2.45, 2.75) is 13.0 Å². The van der Waals surface area contributed by atoms with Gasteiger partial charge in [-0.1, -0.05) is 18.2 Å². The van der Waals surface area contributed by atoms with Crippen molar-refractivity contribution in [1.82, 2.24) is 10.3 Å². The highest BCUT2D eigenvalue weighted by atomic mass is 16.7. The van der Waals surface area contributed by atoms with Gasteiger partial charge in [0, 0.05) is 36.4 Å². The lowest BCUT2D eigenvalue weighted by Gasteiger charge is -2.12. The van der Waals surface area contributed by atoms with E-state index in [9.17, 15) is 0 Å². The first-order valence-electron chi connectivity index (χ1n) is 11.3. The predicted molar refractivity (Wildman–Crippen MR) is 132 cm³/mol.